The third kappa shape index (κ3) is 5.57. The fourth-order valence-corrected chi connectivity index (χ4v) is 4.12. The van der Waals surface area contributed by atoms with Crippen LogP contribution in [0.4, 0.5) is 0 Å². The molecule has 3 rings (SSSR count). The van der Waals surface area contributed by atoms with E-state index in [1.165, 1.54) is 12.1 Å². The summed E-state index contributed by atoms with van der Waals surface area (Å²) in [5.74, 6) is 1.16. The van der Waals surface area contributed by atoms with Crippen LogP contribution in [0, 0.1) is 0 Å². The van der Waals surface area contributed by atoms with E-state index >= 15 is 0 Å². The molecule has 2 aliphatic rings. The SMILES string of the molecule is O=C(CCCCCNS(=O)(=O)c1ccc2c(c1)OCCO2)N1CCOCC1. The highest BCUT2D eigenvalue weighted by atomic mass is 32.2. The summed E-state index contributed by atoms with van der Waals surface area (Å²) in [7, 11) is -3.59. The molecule has 0 spiro atoms. The van der Waals surface area contributed by atoms with Gasteiger partial charge in [-0.3, -0.25) is 4.79 Å². The molecule has 1 N–H and O–H groups in total. The number of benzene rings is 1. The van der Waals surface area contributed by atoms with E-state index in [2.05, 4.69) is 4.72 Å². The minimum absolute atomic E-state index is 0.148. The monoisotopic (exact) mass is 398 g/mol. The van der Waals surface area contributed by atoms with Gasteiger partial charge in [0, 0.05) is 32.1 Å². The summed E-state index contributed by atoms with van der Waals surface area (Å²) in [6, 6.07) is 4.61. The van der Waals surface area contributed by atoms with Crippen LogP contribution in [0.2, 0.25) is 0 Å². The van der Waals surface area contributed by atoms with Gasteiger partial charge in [-0.25, -0.2) is 13.1 Å². The van der Waals surface area contributed by atoms with Gasteiger partial charge >= 0.3 is 0 Å². The number of unbranched alkanes of at least 4 members (excludes halogenated alkanes) is 2. The molecule has 9 heteroatoms. The number of carbonyl (C=O) groups excluding carboxylic acids is 1. The van der Waals surface area contributed by atoms with Gasteiger partial charge in [-0.1, -0.05) is 6.42 Å². The van der Waals surface area contributed by atoms with E-state index < -0.39 is 10.0 Å². The van der Waals surface area contributed by atoms with Gasteiger partial charge in [0.15, 0.2) is 11.5 Å². The lowest BCUT2D eigenvalue weighted by atomic mass is 10.2. The molecule has 0 atom stereocenters. The molecule has 1 fully saturated rings. The first-order chi connectivity index (χ1) is 13.1. The van der Waals surface area contributed by atoms with E-state index in [1.807, 2.05) is 4.90 Å². The molecule has 0 unspecified atom stereocenters. The minimum Gasteiger partial charge on any atom is -0.486 e. The van der Waals surface area contributed by atoms with Gasteiger partial charge in [0.05, 0.1) is 18.1 Å². The van der Waals surface area contributed by atoms with Crippen LogP contribution < -0.4 is 14.2 Å². The quantitative estimate of drug-likeness (QED) is 0.661. The van der Waals surface area contributed by atoms with Gasteiger partial charge in [0.1, 0.15) is 13.2 Å². The minimum atomic E-state index is -3.59. The second-order valence-electron chi connectivity index (χ2n) is 6.51. The van der Waals surface area contributed by atoms with Crippen molar-refractivity contribution in [2.45, 2.75) is 30.6 Å². The van der Waals surface area contributed by atoms with Crippen LogP contribution in [-0.2, 0) is 19.6 Å². The highest BCUT2D eigenvalue weighted by molar-refractivity contribution is 7.89. The number of morpholine rings is 1. The molecule has 2 aliphatic heterocycles. The van der Waals surface area contributed by atoms with Crippen molar-refractivity contribution in [1.82, 2.24) is 9.62 Å². The van der Waals surface area contributed by atoms with Gasteiger partial charge in [-0.2, -0.15) is 0 Å². The van der Waals surface area contributed by atoms with Crippen molar-refractivity contribution in [2.24, 2.45) is 0 Å². The molecule has 8 nitrogen and oxygen atoms in total. The topological polar surface area (TPSA) is 94.2 Å². The molecule has 27 heavy (non-hydrogen) atoms. The third-order valence-electron chi connectivity index (χ3n) is 4.55. The molecule has 0 radical (unpaired) electrons. The average Bonchev–Trinajstić information content (AvgIpc) is 2.70. The summed E-state index contributed by atoms with van der Waals surface area (Å²) in [6.07, 6.45) is 2.72. The largest absolute Gasteiger partial charge is 0.486 e. The normalized spacial score (nSPS) is 17.0. The summed E-state index contributed by atoms with van der Waals surface area (Å²) in [4.78, 5) is 14.0. The molecule has 0 bridgehead atoms. The zero-order valence-corrected chi connectivity index (χ0v) is 16.1. The Bertz CT molecular complexity index is 746. The fourth-order valence-electron chi connectivity index (χ4n) is 3.03. The molecule has 0 aromatic heterocycles. The first-order valence-electron chi connectivity index (χ1n) is 9.31. The molecular formula is C18H26N2O6S. The maximum Gasteiger partial charge on any atom is 0.240 e. The number of ether oxygens (including phenoxy) is 3. The number of fused-ring (bicyclic) bond motifs is 1. The predicted octanol–water partition coefficient (Wildman–Crippen LogP) is 1.16. The Morgan fingerprint density at radius 1 is 1.00 bits per heavy atom. The van der Waals surface area contributed by atoms with Crippen molar-refractivity contribution in [2.75, 3.05) is 46.1 Å². The fraction of sp³-hybridized carbons (Fsp3) is 0.611. The molecule has 150 valence electrons. The first kappa shape index (κ1) is 19.9. The molecule has 1 aromatic rings. The first-order valence-corrected chi connectivity index (χ1v) is 10.8. The van der Waals surface area contributed by atoms with Crippen LogP contribution in [0.1, 0.15) is 25.7 Å². The Morgan fingerprint density at radius 2 is 1.74 bits per heavy atom. The molecule has 1 saturated heterocycles. The number of nitrogens with one attached hydrogen (secondary N) is 1. The van der Waals surface area contributed by atoms with Crippen molar-refractivity contribution in [3.63, 3.8) is 0 Å². The number of carbonyl (C=O) groups is 1. The van der Waals surface area contributed by atoms with Crippen molar-refractivity contribution in [3.8, 4) is 11.5 Å². The Labute approximate surface area is 159 Å². The average molecular weight is 398 g/mol. The van der Waals surface area contributed by atoms with E-state index in [4.69, 9.17) is 14.2 Å². The Balaban J connectivity index is 1.37. The standard InChI is InChI=1S/C18H26N2O6S/c21-18(20-8-10-24-11-9-20)4-2-1-3-7-19-27(22,23)15-5-6-16-17(14-15)26-13-12-25-16/h5-6,14,19H,1-4,7-13H2. The maximum absolute atomic E-state index is 12.4. The predicted molar refractivity (Wildman–Crippen MR) is 98.5 cm³/mol. The summed E-state index contributed by atoms with van der Waals surface area (Å²) < 4.78 is 43.4. The zero-order chi connectivity index (χ0) is 19.1. The Morgan fingerprint density at radius 3 is 2.52 bits per heavy atom. The molecule has 0 aliphatic carbocycles. The smallest absolute Gasteiger partial charge is 0.240 e. The number of amides is 1. The second-order valence-corrected chi connectivity index (χ2v) is 8.27. The molecule has 1 aromatic carbocycles. The molecule has 1 amide bonds. The van der Waals surface area contributed by atoms with E-state index in [0.717, 1.165) is 12.8 Å². The Kier molecular flexibility index (Phi) is 6.92. The van der Waals surface area contributed by atoms with Gasteiger partial charge in [-0.05, 0) is 25.0 Å². The van der Waals surface area contributed by atoms with Gasteiger partial charge < -0.3 is 19.1 Å². The molecule has 0 saturated carbocycles. The van der Waals surface area contributed by atoms with Crippen molar-refractivity contribution >= 4 is 15.9 Å². The van der Waals surface area contributed by atoms with E-state index in [0.29, 0.717) is 70.4 Å². The van der Waals surface area contributed by atoms with Crippen LogP contribution in [0.3, 0.4) is 0 Å². The summed E-state index contributed by atoms with van der Waals surface area (Å²) in [5, 5.41) is 0. The van der Waals surface area contributed by atoms with Crippen LogP contribution in [-0.4, -0.2) is 65.3 Å². The van der Waals surface area contributed by atoms with Crippen LogP contribution in [0.5, 0.6) is 11.5 Å². The molecule has 2 heterocycles. The second kappa shape index (κ2) is 9.38. The van der Waals surface area contributed by atoms with Crippen LogP contribution in [0.15, 0.2) is 23.1 Å². The highest BCUT2D eigenvalue weighted by Gasteiger charge is 2.19. The maximum atomic E-state index is 12.4. The molecular weight excluding hydrogens is 372 g/mol. The number of hydrogen-bond donors (Lipinski definition) is 1. The number of sulfonamides is 1. The lowest BCUT2D eigenvalue weighted by Gasteiger charge is -2.26. The van der Waals surface area contributed by atoms with E-state index in [-0.39, 0.29) is 10.8 Å². The van der Waals surface area contributed by atoms with Gasteiger partial charge in [-0.15, -0.1) is 0 Å². The number of nitrogens with zero attached hydrogens (tertiary/aromatic N) is 1. The summed E-state index contributed by atoms with van der Waals surface area (Å²) >= 11 is 0. The summed E-state index contributed by atoms with van der Waals surface area (Å²) in [5.41, 5.74) is 0. The Hall–Kier alpha value is -1.84. The van der Waals surface area contributed by atoms with E-state index in [9.17, 15) is 13.2 Å². The zero-order valence-electron chi connectivity index (χ0n) is 15.3. The number of rotatable bonds is 8. The number of hydrogen-bond acceptors (Lipinski definition) is 6. The van der Waals surface area contributed by atoms with E-state index in [1.54, 1.807) is 6.07 Å². The summed E-state index contributed by atoms with van der Waals surface area (Å²) in [6.45, 7) is 3.74. The van der Waals surface area contributed by atoms with Gasteiger partial charge in [0.2, 0.25) is 15.9 Å². The van der Waals surface area contributed by atoms with Crippen LogP contribution in [0.25, 0.3) is 0 Å². The van der Waals surface area contributed by atoms with Crippen molar-refractivity contribution in [1.29, 1.82) is 0 Å². The van der Waals surface area contributed by atoms with Crippen molar-refractivity contribution < 1.29 is 27.4 Å². The highest BCUT2D eigenvalue weighted by Crippen LogP contribution is 2.32. The third-order valence-corrected chi connectivity index (χ3v) is 6.01. The van der Waals surface area contributed by atoms with Crippen molar-refractivity contribution in [3.05, 3.63) is 18.2 Å². The lowest BCUT2D eigenvalue weighted by Crippen LogP contribution is -2.40. The van der Waals surface area contributed by atoms with Crippen LogP contribution >= 0.6 is 0 Å². The lowest BCUT2D eigenvalue weighted by molar-refractivity contribution is -0.135. The van der Waals surface area contributed by atoms with Gasteiger partial charge in [0.25, 0.3) is 0 Å².